The molecule has 1 heterocycles. The maximum absolute atomic E-state index is 9.64. The molecule has 0 N–H and O–H groups in total. The maximum Gasteiger partial charge on any atom is 0.195 e. The highest BCUT2D eigenvalue weighted by molar-refractivity contribution is 6.21. The van der Waals surface area contributed by atoms with Crippen molar-refractivity contribution in [1.29, 1.82) is 5.26 Å². The molecule has 0 aliphatic carbocycles. The molecule has 0 saturated heterocycles. The fourth-order valence-corrected chi connectivity index (χ4v) is 7.59. The Morgan fingerprint density at radius 3 is 1.61 bits per heavy atom. The van der Waals surface area contributed by atoms with Crippen LogP contribution in [0, 0.1) is 24.5 Å². The van der Waals surface area contributed by atoms with Crippen LogP contribution in [0.5, 0.6) is 0 Å². The number of benzene rings is 8. The molecule has 0 fully saturated rings. The SMILES string of the molecule is [C-]#[N+]c1ccc2c(c1)c1cc(C#N)ccc1n2-c1ccc([N+]#[C-])c(-c2ccc(-c3c4ccccc4c(-c4ccccc4)c4ccccc34)cc2)c1. The van der Waals surface area contributed by atoms with Gasteiger partial charge < -0.3 is 4.57 Å². The fourth-order valence-electron chi connectivity index (χ4n) is 7.59. The van der Waals surface area contributed by atoms with E-state index in [1.165, 1.54) is 38.2 Å². The van der Waals surface area contributed by atoms with Crippen molar-refractivity contribution < 1.29 is 0 Å². The highest BCUT2D eigenvalue weighted by Crippen LogP contribution is 2.44. The summed E-state index contributed by atoms with van der Waals surface area (Å²) in [5.41, 5.74) is 10.9. The number of rotatable bonds is 4. The van der Waals surface area contributed by atoms with Gasteiger partial charge in [0.15, 0.2) is 11.4 Å². The first-order valence-electron chi connectivity index (χ1n) is 16.6. The van der Waals surface area contributed by atoms with Crippen LogP contribution in [-0.4, -0.2) is 4.57 Å². The van der Waals surface area contributed by atoms with Crippen molar-refractivity contribution in [2.24, 2.45) is 0 Å². The monoisotopic (exact) mass is 646 g/mol. The Labute approximate surface area is 294 Å². The molecule has 51 heavy (non-hydrogen) atoms. The Bertz CT molecular complexity index is 2860. The van der Waals surface area contributed by atoms with Crippen molar-refractivity contribution in [2.75, 3.05) is 0 Å². The van der Waals surface area contributed by atoms with Crippen molar-refractivity contribution in [2.45, 2.75) is 0 Å². The van der Waals surface area contributed by atoms with Gasteiger partial charge in [-0.25, -0.2) is 9.69 Å². The largest absolute Gasteiger partial charge is 0.309 e. The Morgan fingerprint density at radius 2 is 1.02 bits per heavy atom. The number of hydrogen-bond acceptors (Lipinski definition) is 1. The zero-order chi connectivity index (χ0) is 34.5. The van der Waals surface area contributed by atoms with E-state index in [9.17, 15) is 5.26 Å². The number of nitriles is 1. The van der Waals surface area contributed by atoms with Gasteiger partial charge in [-0.2, -0.15) is 5.26 Å². The summed E-state index contributed by atoms with van der Waals surface area (Å²) in [7, 11) is 0. The molecule has 8 aromatic carbocycles. The minimum absolute atomic E-state index is 0.545. The average Bonchev–Trinajstić information content (AvgIpc) is 3.52. The quantitative estimate of drug-likeness (QED) is 0.138. The lowest BCUT2D eigenvalue weighted by atomic mass is 9.85. The zero-order valence-electron chi connectivity index (χ0n) is 27.3. The Hall–Kier alpha value is -7.45. The predicted octanol–water partition coefficient (Wildman–Crippen LogP) is 13.1. The van der Waals surface area contributed by atoms with E-state index < -0.39 is 0 Å². The van der Waals surface area contributed by atoms with Gasteiger partial charge in [-0.05, 0) is 103 Å². The van der Waals surface area contributed by atoms with Crippen molar-refractivity contribution >= 4 is 54.7 Å². The maximum atomic E-state index is 9.64. The van der Waals surface area contributed by atoms with Crippen LogP contribution in [0.1, 0.15) is 5.56 Å². The summed E-state index contributed by atoms with van der Waals surface area (Å²) in [5, 5.41) is 16.3. The summed E-state index contributed by atoms with van der Waals surface area (Å²) in [4.78, 5) is 7.56. The molecule has 9 aromatic rings. The van der Waals surface area contributed by atoms with Gasteiger partial charge in [-0.3, -0.25) is 0 Å². The second-order valence-electron chi connectivity index (χ2n) is 12.6. The summed E-state index contributed by atoms with van der Waals surface area (Å²) >= 11 is 0. The minimum Gasteiger partial charge on any atom is -0.309 e. The van der Waals surface area contributed by atoms with Gasteiger partial charge in [0.1, 0.15) is 0 Å². The molecule has 1 aromatic heterocycles. The molecule has 234 valence electrons. The first kappa shape index (κ1) is 29.7. The van der Waals surface area contributed by atoms with Crippen LogP contribution in [0.4, 0.5) is 11.4 Å². The van der Waals surface area contributed by atoms with Crippen molar-refractivity contribution in [3.8, 4) is 45.1 Å². The molecule has 4 heteroatoms. The standard InChI is InChI=1S/C47H26N4/c1-49-34-21-25-45-42(27-34)41-26-30(29-48)16-24-44(41)51(45)35-22-23-43(50-2)40(28-35)31-17-19-33(20-18-31)47-38-14-8-6-12-36(38)46(32-10-4-3-5-11-32)37-13-7-9-15-39(37)47/h3-28H. The third kappa shape index (κ3) is 4.74. The number of hydrogen-bond donors (Lipinski definition) is 0. The molecule has 4 nitrogen and oxygen atoms in total. The normalized spacial score (nSPS) is 11.1. The van der Waals surface area contributed by atoms with Gasteiger partial charge in [0.25, 0.3) is 0 Å². The van der Waals surface area contributed by atoms with Gasteiger partial charge in [0, 0.05) is 11.1 Å². The zero-order valence-corrected chi connectivity index (χ0v) is 27.3. The van der Waals surface area contributed by atoms with Crippen LogP contribution in [0.25, 0.3) is 92.1 Å². The summed E-state index contributed by atoms with van der Waals surface area (Å²) in [6.07, 6.45) is 0. The Kier molecular flexibility index (Phi) is 6.93. The van der Waals surface area contributed by atoms with E-state index in [0.717, 1.165) is 44.2 Å². The van der Waals surface area contributed by atoms with Gasteiger partial charge in [-0.1, -0.05) is 115 Å². The smallest absolute Gasteiger partial charge is 0.195 e. The topological polar surface area (TPSA) is 37.4 Å². The van der Waals surface area contributed by atoms with E-state index in [-0.39, 0.29) is 0 Å². The molecule has 0 saturated carbocycles. The molecule has 0 atom stereocenters. The third-order valence-corrected chi connectivity index (χ3v) is 9.84. The Morgan fingerprint density at radius 1 is 0.471 bits per heavy atom. The van der Waals surface area contributed by atoms with E-state index in [2.05, 4.69) is 130 Å². The second-order valence-corrected chi connectivity index (χ2v) is 12.6. The van der Waals surface area contributed by atoms with Crippen LogP contribution in [0.3, 0.4) is 0 Å². The molecule has 0 unspecified atom stereocenters. The molecule has 0 amide bonds. The lowest BCUT2D eigenvalue weighted by Crippen LogP contribution is -1.95. The van der Waals surface area contributed by atoms with Crippen molar-refractivity contribution in [3.05, 3.63) is 186 Å². The number of nitrogens with zero attached hydrogens (tertiary/aromatic N) is 4. The Balaban J connectivity index is 1.21. The fraction of sp³-hybridized carbons (Fsp3) is 0. The predicted molar refractivity (Wildman–Crippen MR) is 209 cm³/mol. The van der Waals surface area contributed by atoms with E-state index >= 15 is 0 Å². The van der Waals surface area contributed by atoms with Crippen LogP contribution in [0.2, 0.25) is 0 Å². The van der Waals surface area contributed by atoms with Crippen LogP contribution in [0.15, 0.2) is 158 Å². The van der Waals surface area contributed by atoms with Gasteiger partial charge in [-0.15, -0.1) is 0 Å². The molecular formula is C47H26N4. The summed E-state index contributed by atoms with van der Waals surface area (Å²) < 4.78 is 2.15. The summed E-state index contributed by atoms with van der Waals surface area (Å²) in [5.74, 6) is 0. The number of aromatic nitrogens is 1. The van der Waals surface area contributed by atoms with Crippen LogP contribution >= 0.6 is 0 Å². The molecule has 0 radical (unpaired) electrons. The summed E-state index contributed by atoms with van der Waals surface area (Å²) in [6, 6.07) is 56.0. The average molecular weight is 647 g/mol. The summed E-state index contributed by atoms with van der Waals surface area (Å²) in [6.45, 7) is 15.6. The van der Waals surface area contributed by atoms with Gasteiger partial charge in [0.2, 0.25) is 0 Å². The molecule has 0 aliphatic heterocycles. The van der Waals surface area contributed by atoms with Crippen molar-refractivity contribution in [3.63, 3.8) is 0 Å². The lowest BCUT2D eigenvalue weighted by molar-refractivity contribution is 1.18. The third-order valence-electron chi connectivity index (χ3n) is 9.84. The molecule has 0 bridgehead atoms. The van der Waals surface area contributed by atoms with Crippen LogP contribution in [-0.2, 0) is 0 Å². The van der Waals surface area contributed by atoms with E-state index in [1.807, 2.05) is 48.5 Å². The molecule has 0 aliphatic rings. The van der Waals surface area contributed by atoms with Crippen molar-refractivity contribution in [1.82, 2.24) is 4.57 Å². The second kappa shape index (κ2) is 11.9. The lowest BCUT2D eigenvalue weighted by Gasteiger charge is -2.18. The van der Waals surface area contributed by atoms with Gasteiger partial charge >= 0.3 is 0 Å². The molecule has 0 spiro atoms. The van der Waals surface area contributed by atoms with E-state index in [0.29, 0.717) is 16.9 Å². The first-order valence-corrected chi connectivity index (χ1v) is 16.6. The molecular weight excluding hydrogens is 621 g/mol. The highest BCUT2D eigenvalue weighted by Gasteiger charge is 2.18. The molecule has 9 rings (SSSR count). The first-order chi connectivity index (χ1) is 25.2. The van der Waals surface area contributed by atoms with E-state index in [1.54, 1.807) is 0 Å². The minimum atomic E-state index is 0.545. The van der Waals surface area contributed by atoms with Gasteiger partial charge in [0.05, 0.1) is 35.8 Å². The number of fused-ring (bicyclic) bond motifs is 5. The highest BCUT2D eigenvalue weighted by atomic mass is 15.0. The van der Waals surface area contributed by atoms with Crippen LogP contribution < -0.4 is 0 Å². The van der Waals surface area contributed by atoms with E-state index in [4.69, 9.17) is 13.1 Å².